The summed E-state index contributed by atoms with van der Waals surface area (Å²) in [5, 5.41) is 3.45. The third kappa shape index (κ3) is 3.34. The summed E-state index contributed by atoms with van der Waals surface area (Å²) in [6.45, 7) is 7.94. The van der Waals surface area contributed by atoms with Crippen LogP contribution in [0.3, 0.4) is 0 Å². The Morgan fingerprint density at radius 1 is 1.28 bits per heavy atom. The van der Waals surface area contributed by atoms with Gasteiger partial charge in [0, 0.05) is 25.7 Å². The number of nitrogens with zero attached hydrogens (tertiary/aromatic N) is 2. The molecular formula is C19H26ClN3O2. The average Bonchev–Trinajstić information content (AvgIpc) is 2.99. The first-order chi connectivity index (χ1) is 11.8. The molecule has 2 aliphatic heterocycles. The number of carbonyl (C=O) groups is 2. The molecule has 1 atom stereocenters. The molecule has 1 unspecified atom stereocenters. The molecule has 25 heavy (non-hydrogen) atoms. The molecule has 3 rings (SSSR count). The standard InChI is InChI=1S/C19H26ClN3O2/c1-13(2)23-10-5-8-19(17(23)24)9-11-22(12-19)18(25)21-16-14(3)6-4-7-15(16)20/h4,6-7,13H,5,8-12H2,1-3H3,(H,21,25). The predicted octanol–water partition coefficient (Wildman–Crippen LogP) is 3.90. The van der Waals surface area contributed by atoms with E-state index in [9.17, 15) is 9.59 Å². The Kier molecular flexibility index (Phi) is 4.96. The van der Waals surface area contributed by atoms with Gasteiger partial charge in [-0.2, -0.15) is 0 Å². The molecule has 0 bridgehead atoms. The van der Waals surface area contributed by atoms with Gasteiger partial charge in [0.25, 0.3) is 0 Å². The molecule has 1 aromatic carbocycles. The van der Waals surface area contributed by atoms with Crippen molar-refractivity contribution in [2.75, 3.05) is 25.0 Å². The number of nitrogens with one attached hydrogen (secondary N) is 1. The Hall–Kier alpha value is -1.75. The highest BCUT2D eigenvalue weighted by molar-refractivity contribution is 6.33. The molecule has 2 heterocycles. The smallest absolute Gasteiger partial charge is 0.321 e. The number of aryl methyl sites for hydroxylation is 1. The van der Waals surface area contributed by atoms with Crippen LogP contribution >= 0.6 is 11.6 Å². The first-order valence-electron chi connectivity index (χ1n) is 8.96. The highest BCUT2D eigenvalue weighted by Crippen LogP contribution is 2.41. The highest BCUT2D eigenvalue weighted by atomic mass is 35.5. The number of urea groups is 1. The Labute approximate surface area is 154 Å². The normalized spacial score (nSPS) is 23.6. The summed E-state index contributed by atoms with van der Waals surface area (Å²) >= 11 is 6.21. The summed E-state index contributed by atoms with van der Waals surface area (Å²) in [6.07, 6.45) is 2.61. The average molecular weight is 364 g/mol. The van der Waals surface area contributed by atoms with E-state index in [0.717, 1.165) is 31.4 Å². The van der Waals surface area contributed by atoms with Crippen molar-refractivity contribution in [3.8, 4) is 0 Å². The van der Waals surface area contributed by atoms with Gasteiger partial charge < -0.3 is 15.1 Å². The van der Waals surface area contributed by atoms with Crippen LogP contribution in [0, 0.1) is 12.3 Å². The number of likely N-dealkylation sites (tertiary alicyclic amines) is 2. The second-order valence-electron chi connectivity index (χ2n) is 7.51. The molecule has 0 aliphatic carbocycles. The number of rotatable bonds is 2. The van der Waals surface area contributed by atoms with Gasteiger partial charge in [0.2, 0.25) is 5.91 Å². The fourth-order valence-corrected chi connectivity index (χ4v) is 4.26. The van der Waals surface area contributed by atoms with E-state index < -0.39 is 5.41 Å². The summed E-state index contributed by atoms with van der Waals surface area (Å²) in [4.78, 5) is 29.4. The number of anilines is 1. The molecule has 0 radical (unpaired) electrons. The number of hydrogen-bond donors (Lipinski definition) is 1. The molecule has 0 aromatic heterocycles. The summed E-state index contributed by atoms with van der Waals surface area (Å²) in [5.74, 6) is 0.206. The number of halogens is 1. The highest BCUT2D eigenvalue weighted by Gasteiger charge is 2.49. The quantitative estimate of drug-likeness (QED) is 0.866. The SMILES string of the molecule is Cc1cccc(Cl)c1NC(=O)N1CCC2(CCCN(C(C)C)C2=O)C1. The van der Waals surface area contributed by atoms with Crippen molar-refractivity contribution in [3.05, 3.63) is 28.8 Å². The Morgan fingerprint density at radius 3 is 2.72 bits per heavy atom. The fraction of sp³-hybridized carbons (Fsp3) is 0.579. The van der Waals surface area contributed by atoms with Crippen LogP contribution in [-0.2, 0) is 4.79 Å². The topological polar surface area (TPSA) is 52.7 Å². The minimum absolute atomic E-state index is 0.178. The minimum Gasteiger partial charge on any atom is -0.340 e. The van der Waals surface area contributed by atoms with Crippen molar-refractivity contribution >= 4 is 29.2 Å². The largest absolute Gasteiger partial charge is 0.340 e. The van der Waals surface area contributed by atoms with Crippen molar-refractivity contribution in [3.63, 3.8) is 0 Å². The van der Waals surface area contributed by atoms with Gasteiger partial charge in [0.05, 0.1) is 16.1 Å². The first-order valence-corrected chi connectivity index (χ1v) is 9.34. The van der Waals surface area contributed by atoms with Crippen molar-refractivity contribution in [2.24, 2.45) is 5.41 Å². The molecule has 3 amide bonds. The summed E-state index contributed by atoms with van der Waals surface area (Å²) < 4.78 is 0. The van der Waals surface area contributed by atoms with Gasteiger partial charge in [0.1, 0.15) is 0 Å². The van der Waals surface area contributed by atoms with Gasteiger partial charge in [-0.1, -0.05) is 23.7 Å². The van der Waals surface area contributed by atoms with E-state index in [1.165, 1.54) is 0 Å². The number of hydrogen-bond acceptors (Lipinski definition) is 2. The lowest BCUT2D eigenvalue weighted by Crippen LogP contribution is -2.52. The van der Waals surface area contributed by atoms with Gasteiger partial charge in [-0.15, -0.1) is 0 Å². The maximum atomic E-state index is 13.0. The molecule has 1 N–H and O–H groups in total. The van der Waals surface area contributed by atoms with E-state index in [2.05, 4.69) is 19.2 Å². The van der Waals surface area contributed by atoms with Crippen molar-refractivity contribution in [1.82, 2.24) is 9.80 Å². The molecule has 136 valence electrons. The molecule has 0 saturated carbocycles. The van der Waals surface area contributed by atoms with E-state index in [1.54, 1.807) is 11.0 Å². The van der Waals surface area contributed by atoms with Crippen LogP contribution in [0.2, 0.25) is 5.02 Å². The number of carbonyl (C=O) groups excluding carboxylic acids is 2. The third-order valence-corrected chi connectivity index (χ3v) is 5.80. The van der Waals surface area contributed by atoms with Crippen molar-refractivity contribution < 1.29 is 9.59 Å². The number of amides is 3. The minimum atomic E-state index is -0.407. The maximum absolute atomic E-state index is 13.0. The zero-order chi connectivity index (χ0) is 18.2. The second-order valence-corrected chi connectivity index (χ2v) is 7.92. The van der Waals surface area contributed by atoms with Gasteiger partial charge in [0.15, 0.2) is 0 Å². The molecule has 6 heteroatoms. The molecule has 2 saturated heterocycles. The zero-order valence-corrected chi connectivity index (χ0v) is 15.9. The number of benzene rings is 1. The summed E-state index contributed by atoms with van der Waals surface area (Å²) in [5.41, 5.74) is 1.17. The predicted molar refractivity (Wildman–Crippen MR) is 99.9 cm³/mol. The molecule has 2 aliphatic rings. The van der Waals surface area contributed by atoms with Gasteiger partial charge in [-0.25, -0.2) is 4.79 Å². The number of para-hydroxylation sites is 1. The van der Waals surface area contributed by atoms with Crippen molar-refractivity contribution in [1.29, 1.82) is 0 Å². The van der Waals surface area contributed by atoms with E-state index in [-0.39, 0.29) is 18.0 Å². The Morgan fingerprint density at radius 2 is 2.04 bits per heavy atom. The van der Waals surface area contributed by atoms with Crippen LogP contribution in [0.4, 0.5) is 10.5 Å². The van der Waals surface area contributed by atoms with Gasteiger partial charge in [-0.3, -0.25) is 4.79 Å². The summed E-state index contributed by atoms with van der Waals surface area (Å²) in [7, 11) is 0. The molecule has 1 aromatic rings. The monoisotopic (exact) mass is 363 g/mol. The lowest BCUT2D eigenvalue weighted by Gasteiger charge is -2.41. The van der Waals surface area contributed by atoms with E-state index in [0.29, 0.717) is 23.8 Å². The Bertz CT molecular complexity index is 671. The summed E-state index contributed by atoms with van der Waals surface area (Å²) in [6, 6.07) is 5.57. The maximum Gasteiger partial charge on any atom is 0.321 e. The number of piperidine rings is 1. The fourth-order valence-electron chi connectivity index (χ4n) is 3.99. The lowest BCUT2D eigenvalue weighted by molar-refractivity contribution is -0.147. The van der Waals surface area contributed by atoms with Gasteiger partial charge >= 0.3 is 6.03 Å². The molecular weight excluding hydrogens is 338 g/mol. The molecule has 1 spiro atoms. The first kappa shape index (κ1) is 18.1. The Balaban J connectivity index is 1.72. The van der Waals surface area contributed by atoms with E-state index in [1.807, 2.05) is 24.0 Å². The van der Waals surface area contributed by atoms with Crippen LogP contribution in [0.1, 0.15) is 38.7 Å². The lowest BCUT2D eigenvalue weighted by atomic mass is 9.78. The molecule has 5 nitrogen and oxygen atoms in total. The third-order valence-electron chi connectivity index (χ3n) is 5.49. The van der Waals surface area contributed by atoms with Crippen molar-refractivity contribution in [2.45, 2.75) is 46.1 Å². The second kappa shape index (κ2) is 6.87. The van der Waals surface area contributed by atoms with Crippen LogP contribution in [0.25, 0.3) is 0 Å². The zero-order valence-electron chi connectivity index (χ0n) is 15.1. The van der Waals surface area contributed by atoms with E-state index in [4.69, 9.17) is 11.6 Å². The van der Waals surface area contributed by atoms with Crippen LogP contribution in [0.15, 0.2) is 18.2 Å². The van der Waals surface area contributed by atoms with Gasteiger partial charge in [-0.05, 0) is 51.7 Å². The molecule has 2 fully saturated rings. The van der Waals surface area contributed by atoms with Crippen LogP contribution in [0.5, 0.6) is 0 Å². The van der Waals surface area contributed by atoms with E-state index >= 15 is 0 Å². The van der Waals surface area contributed by atoms with Crippen LogP contribution in [-0.4, -0.2) is 47.4 Å². The van der Waals surface area contributed by atoms with Crippen LogP contribution < -0.4 is 5.32 Å².